The highest BCUT2D eigenvalue weighted by molar-refractivity contribution is 7.14. The number of carbonyl (C=O) groups is 1. The van der Waals surface area contributed by atoms with E-state index in [1.54, 1.807) is 18.3 Å². The van der Waals surface area contributed by atoms with Crippen LogP contribution in [0.1, 0.15) is 15.2 Å². The lowest BCUT2D eigenvalue weighted by molar-refractivity contribution is 0.0696. The van der Waals surface area contributed by atoms with Crippen molar-refractivity contribution in [3.63, 3.8) is 0 Å². The van der Waals surface area contributed by atoms with E-state index in [1.165, 1.54) is 17.4 Å². The van der Waals surface area contributed by atoms with Gasteiger partial charge in [0.05, 0.1) is 5.56 Å². The van der Waals surface area contributed by atoms with Gasteiger partial charge in [-0.15, -0.1) is 17.8 Å². The summed E-state index contributed by atoms with van der Waals surface area (Å²) in [6, 6.07) is 4.76. The van der Waals surface area contributed by atoms with Crippen molar-refractivity contribution < 1.29 is 14.6 Å². The van der Waals surface area contributed by atoms with Crippen LogP contribution in [0.25, 0.3) is 10.6 Å². The number of benzene rings is 1. The molecule has 0 spiro atoms. The molecule has 0 saturated carbocycles. The molecule has 0 aliphatic rings. The Hall–Kier alpha value is -2.32. The highest BCUT2D eigenvalue weighted by atomic mass is 32.1. The number of hydrogen-bond acceptors (Lipinski definition) is 4. The molecule has 0 radical (unpaired) electrons. The van der Waals surface area contributed by atoms with E-state index in [9.17, 15) is 4.79 Å². The summed E-state index contributed by atoms with van der Waals surface area (Å²) in [6.45, 7) is 2.04. The average molecular weight is 273 g/mol. The van der Waals surface area contributed by atoms with Crippen molar-refractivity contribution >= 4 is 17.3 Å². The maximum atomic E-state index is 11.1. The molecule has 96 valence electrons. The molecule has 1 aromatic carbocycles. The molecule has 4 nitrogen and oxygen atoms in total. The Labute approximate surface area is 114 Å². The number of aromatic nitrogens is 1. The molecule has 19 heavy (non-hydrogen) atoms. The number of thiazole rings is 1. The first-order valence-corrected chi connectivity index (χ1v) is 6.29. The van der Waals surface area contributed by atoms with Crippen molar-refractivity contribution in [1.82, 2.24) is 4.98 Å². The van der Waals surface area contributed by atoms with Gasteiger partial charge in [-0.3, -0.25) is 0 Å². The van der Waals surface area contributed by atoms with E-state index in [0.717, 1.165) is 9.88 Å². The fourth-order valence-corrected chi connectivity index (χ4v) is 2.29. The number of carboxylic acids is 1. The van der Waals surface area contributed by atoms with Gasteiger partial charge in [0.2, 0.25) is 0 Å². The van der Waals surface area contributed by atoms with Crippen LogP contribution in [-0.2, 0) is 0 Å². The van der Waals surface area contributed by atoms with Crippen LogP contribution < -0.4 is 4.74 Å². The third-order valence-electron chi connectivity index (χ3n) is 2.34. The van der Waals surface area contributed by atoms with Crippen molar-refractivity contribution in [1.29, 1.82) is 0 Å². The third kappa shape index (κ3) is 3.12. The molecule has 0 unspecified atom stereocenters. The van der Waals surface area contributed by atoms with Crippen molar-refractivity contribution in [2.45, 2.75) is 6.92 Å². The summed E-state index contributed by atoms with van der Waals surface area (Å²) in [5.74, 6) is 1.76. The first-order valence-electron chi connectivity index (χ1n) is 5.47. The number of carboxylic acid groups (broad SMARTS) is 1. The summed E-state index contributed by atoms with van der Waals surface area (Å²) in [4.78, 5) is 16.4. The number of hydrogen-bond donors (Lipinski definition) is 1. The van der Waals surface area contributed by atoms with Crippen LogP contribution in [0.4, 0.5) is 0 Å². The maximum Gasteiger partial charge on any atom is 0.335 e. The van der Waals surface area contributed by atoms with E-state index in [-0.39, 0.29) is 12.2 Å². The van der Waals surface area contributed by atoms with E-state index in [2.05, 4.69) is 10.9 Å². The van der Waals surface area contributed by atoms with Gasteiger partial charge in [0.15, 0.2) is 0 Å². The minimum Gasteiger partial charge on any atom is -0.481 e. The second-order valence-electron chi connectivity index (χ2n) is 3.82. The quantitative estimate of drug-likeness (QED) is 0.870. The molecule has 0 saturated heterocycles. The van der Waals surface area contributed by atoms with Gasteiger partial charge in [0, 0.05) is 16.6 Å². The number of terminal acetylenes is 1. The van der Waals surface area contributed by atoms with Crippen LogP contribution in [0.5, 0.6) is 5.75 Å². The van der Waals surface area contributed by atoms with Gasteiger partial charge in [-0.05, 0) is 25.1 Å². The van der Waals surface area contributed by atoms with Crippen LogP contribution in [0.3, 0.4) is 0 Å². The van der Waals surface area contributed by atoms with Crippen LogP contribution in [0.2, 0.25) is 0 Å². The Morgan fingerprint density at radius 2 is 2.32 bits per heavy atom. The predicted octanol–water partition coefficient (Wildman–Crippen LogP) is 2.83. The lowest BCUT2D eigenvalue weighted by atomic mass is 10.1. The summed E-state index contributed by atoms with van der Waals surface area (Å²) in [7, 11) is 0. The molecule has 0 amide bonds. The summed E-state index contributed by atoms with van der Waals surface area (Å²) < 4.78 is 5.29. The second-order valence-corrected chi connectivity index (χ2v) is 5.05. The summed E-state index contributed by atoms with van der Waals surface area (Å²) in [6.07, 6.45) is 6.87. The maximum absolute atomic E-state index is 11.1. The predicted molar refractivity (Wildman–Crippen MR) is 73.6 cm³/mol. The van der Waals surface area contributed by atoms with Crippen LogP contribution >= 0.6 is 11.3 Å². The van der Waals surface area contributed by atoms with Crippen molar-refractivity contribution in [2.75, 3.05) is 6.61 Å². The molecule has 1 aromatic heterocycles. The van der Waals surface area contributed by atoms with Crippen molar-refractivity contribution in [3.05, 3.63) is 34.8 Å². The van der Waals surface area contributed by atoms with E-state index in [0.29, 0.717) is 11.3 Å². The Morgan fingerprint density at radius 1 is 1.53 bits per heavy atom. The van der Waals surface area contributed by atoms with Gasteiger partial charge in [-0.25, -0.2) is 9.78 Å². The number of aromatic carboxylic acids is 1. The van der Waals surface area contributed by atoms with E-state index in [4.69, 9.17) is 16.3 Å². The summed E-state index contributed by atoms with van der Waals surface area (Å²) in [5.41, 5.74) is 0.863. The molecule has 2 rings (SSSR count). The zero-order chi connectivity index (χ0) is 13.8. The van der Waals surface area contributed by atoms with Gasteiger partial charge in [-0.2, -0.15) is 0 Å². The van der Waals surface area contributed by atoms with E-state index >= 15 is 0 Å². The highest BCUT2D eigenvalue weighted by Crippen LogP contribution is 2.29. The Balaban J connectivity index is 2.45. The molecule has 0 bridgehead atoms. The normalized spacial score (nSPS) is 9.89. The minimum atomic E-state index is -1.01. The Bertz CT molecular complexity index is 655. The van der Waals surface area contributed by atoms with Crippen LogP contribution in [0, 0.1) is 19.3 Å². The van der Waals surface area contributed by atoms with Gasteiger partial charge in [0.25, 0.3) is 0 Å². The fraction of sp³-hybridized carbons (Fsp3) is 0.143. The number of aryl methyl sites for hydroxylation is 1. The standard InChI is InChI=1S/C14H11NO3S/c1-3-4-18-12-6-10(5-11(7-12)14(16)17)13-15-8-9(2)19-13/h1,5-8H,4H2,2H3,(H,16,17). The largest absolute Gasteiger partial charge is 0.481 e. The lowest BCUT2D eigenvalue weighted by Crippen LogP contribution is -2.00. The van der Waals surface area contributed by atoms with Crippen LogP contribution in [-0.4, -0.2) is 22.7 Å². The highest BCUT2D eigenvalue weighted by Gasteiger charge is 2.11. The SMILES string of the molecule is C#CCOc1cc(C(=O)O)cc(-c2ncc(C)s2)c1. The molecule has 1 heterocycles. The molecule has 0 fully saturated rings. The topological polar surface area (TPSA) is 59.4 Å². The summed E-state index contributed by atoms with van der Waals surface area (Å²) in [5, 5.41) is 9.85. The minimum absolute atomic E-state index is 0.0966. The smallest absolute Gasteiger partial charge is 0.335 e. The Kier molecular flexibility index (Phi) is 3.83. The second kappa shape index (κ2) is 5.55. The molecule has 0 atom stereocenters. The molecule has 0 aliphatic heterocycles. The Morgan fingerprint density at radius 3 is 2.89 bits per heavy atom. The summed E-state index contributed by atoms with van der Waals surface area (Å²) >= 11 is 1.49. The first kappa shape index (κ1) is 13.1. The number of rotatable bonds is 4. The van der Waals surface area contributed by atoms with Gasteiger partial charge in [-0.1, -0.05) is 5.92 Å². The molecule has 0 aliphatic carbocycles. The fourth-order valence-electron chi connectivity index (χ4n) is 1.54. The molecule has 2 aromatic rings. The monoisotopic (exact) mass is 273 g/mol. The van der Waals surface area contributed by atoms with E-state index in [1.807, 2.05) is 6.92 Å². The lowest BCUT2D eigenvalue weighted by Gasteiger charge is -2.06. The van der Waals surface area contributed by atoms with Crippen molar-refractivity contribution in [2.24, 2.45) is 0 Å². The first-order chi connectivity index (χ1) is 9.10. The molecule has 1 N–H and O–H groups in total. The van der Waals surface area contributed by atoms with Gasteiger partial charge in [0.1, 0.15) is 17.4 Å². The van der Waals surface area contributed by atoms with Gasteiger partial charge < -0.3 is 9.84 Å². The van der Waals surface area contributed by atoms with E-state index < -0.39 is 5.97 Å². The molecular formula is C14H11NO3S. The van der Waals surface area contributed by atoms with Gasteiger partial charge >= 0.3 is 5.97 Å². The zero-order valence-electron chi connectivity index (χ0n) is 10.2. The average Bonchev–Trinajstić information content (AvgIpc) is 2.82. The van der Waals surface area contributed by atoms with Crippen molar-refractivity contribution in [3.8, 4) is 28.7 Å². The molecule has 5 heteroatoms. The van der Waals surface area contributed by atoms with Crippen LogP contribution in [0.15, 0.2) is 24.4 Å². The molecular weight excluding hydrogens is 262 g/mol. The zero-order valence-corrected chi connectivity index (χ0v) is 11.0. The number of nitrogens with zero attached hydrogens (tertiary/aromatic N) is 1. The number of ether oxygens (including phenoxy) is 1. The third-order valence-corrected chi connectivity index (χ3v) is 3.31.